The lowest BCUT2D eigenvalue weighted by molar-refractivity contribution is 0.166. The number of rotatable bonds is 1. The maximum Gasteiger partial charge on any atom is 0.203 e. The lowest BCUT2D eigenvalue weighted by Gasteiger charge is -2.37. The number of hydrogen-bond donors (Lipinski definition) is 0. The first-order chi connectivity index (χ1) is 9.38. The Bertz CT molecular complexity index is 314. The fourth-order valence-corrected chi connectivity index (χ4v) is 4.33. The molecule has 0 aliphatic heterocycles. The summed E-state index contributed by atoms with van der Waals surface area (Å²) in [5.41, 5.74) is 1.92. The van der Waals surface area contributed by atoms with Crippen LogP contribution in [0.5, 0.6) is 0 Å². The van der Waals surface area contributed by atoms with Gasteiger partial charge in [-0.15, -0.1) is 0 Å². The largest absolute Gasteiger partial charge is 0.556 e. The van der Waals surface area contributed by atoms with Gasteiger partial charge >= 0.3 is 0 Å². The van der Waals surface area contributed by atoms with Crippen molar-refractivity contribution in [3.8, 4) is 0 Å². The van der Waals surface area contributed by atoms with E-state index in [0.717, 1.165) is 22.8 Å². The van der Waals surface area contributed by atoms with Crippen LogP contribution in [0.25, 0.3) is 0 Å². The molecular formula is C18H36OSi. The van der Waals surface area contributed by atoms with Crippen LogP contribution in [0.3, 0.4) is 0 Å². The standard InChI is InChI=1S/C18H36OSi/c1-14-15(2)17(19-20)13-11-9-7-6-8-10-12-16(14)18(3,4)5/h14,16H,6-13H2,1-5,20H3. The van der Waals surface area contributed by atoms with Crippen molar-refractivity contribution in [2.24, 2.45) is 17.3 Å². The summed E-state index contributed by atoms with van der Waals surface area (Å²) < 4.78 is 5.86. The Hall–Kier alpha value is -0.243. The molecule has 0 radical (unpaired) electrons. The van der Waals surface area contributed by atoms with Crippen molar-refractivity contribution in [2.75, 3.05) is 0 Å². The van der Waals surface area contributed by atoms with E-state index in [9.17, 15) is 0 Å². The van der Waals surface area contributed by atoms with E-state index in [1.165, 1.54) is 56.3 Å². The van der Waals surface area contributed by atoms with Gasteiger partial charge < -0.3 is 4.43 Å². The Labute approximate surface area is 130 Å². The van der Waals surface area contributed by atoms with Crippen LogP contribution in [0, 0.1) is 17.3 Å². The highest BCUT2D eigenvalue weighted by atomic mass is 28.2. The van der Waals surface area contributed by atoms with Crippen LogP contribution in [0.2, 0.25) is 0 Å². The van der Waals surface area contributed by atoms with E-state index in [4.69, 9.17) is 4.43 Å². The lowest BCUT2D eigenvalue weighted by atomic mass is 9.69. The van der Waals surface area contributed by atoms with Gasteiger partial charge in [-0.05, 0) is 42.6 Å². The van der Waals surface area contributed by atoms with Gasteiger partial charge in [-0.2, -0.15) is 0 Å². The molecule has 2 heteroatoms. The van der Waals surface area contributed by atoms with Gasteiger partial charge in [0.05, 0.1) is 5.76 Å². The maximum atomic E-state index is 5.86. The van der Waals surface area contributed by atoms with Crippen LogP contribution in [0.15, 0.2) is 11.3 Å². The van der Waals surface area contributed by atoms with Crippen LogP contribution >= 0.6 is 0 Å². The van der Waals surface area contributed by atoms with Crippen LogP contribution in [0.4, 0.5) is 0 Å². The summed E-state index contributed by atoms with van der Waals surface area (Å²) in [6.07, 6.45) is 10.9. The van der Waals surface area contributed by atoms with Gasteiger partial charge in [-0.25, -0.2) is 0 Å². The zero-order chi connectivity index (χ0) is 15.2. The Morgan fingerprint density at radius 1 is 1.00 bits per heavy atom. The van der Waals surface area contributed by atoms with E-state index >= 15 is 0 Å². The van der Waals surface area contributed by atoms with Crippen LogP contribution < -0.4 is 0 Å². The highest BCUT2D eigenvalue weighted by Gasteiger charge is 2.31. The molecule has 1 rings (SSSR count). The van der Waals surface area contributed by atoms with Crippen molar-refractivity contribution in [2.45, 2.75) is 86.0 Å². The molecule has 0 aromatic rings. The first kappa shape index (κ1) is 17.8. The maximum absolute atomic E-state index is 5.86. The van der Waals surface area contributed by atoms with Crippen LogP contribution in [-0.4, -0.2) is 10.5 Å². The third-order valence-electron chi connectivity index (χ3n) is 5.25. The fraction of sp³-hybridized carbons (Fsp3) is 0.889. The molecule has 1 aliphatic rings. The lowest BCUT2D eigenvalue weighted by Crippen LogP contribution is -2.28. The molecule has 0 aromatic heterocycles. The minimum Gasteiger partial charge on any atom is -0.556 e. The predicted molar refractivity (Wildman–Crippen MR) is 92.8 cm³/mol. The molecule has 0 saturated heterocycles. The van der Waals surface area contributed by atoms with E-state index in [2.05, 4.69) is 34.6 Å². The van der Waals surface area contributed by atoms with Crippen LogP contribution in [0.1, 0.15) is 86.0 Å². The smallest absolute Gasteiger partial charge is 0.203 e. The zero-order valence-electron chi connectivity index (χ0n) is 14.7. The van der Waals surface area contributed by atoms with E-state index in [0.29, 0.717) is 11.3 Å². The van der Waals surface area contributed by atoms with E-state index in [-0.39, 0.29) is 0 Å². The summed E-state index contributed by atoms with van der Waals surface area (Å²) >= 11 is 0. The molecule has 0 N–H and O–H groups in total. The van der Waals surface area contributed by atoms with Crippen LogP contribution in [-0.2, 0) is 4.43 Å². The predicted octanol–water partition coefficient (Wildman–Crippen LogP) is 4.99. The molecule has 0 spiro atoms. The molecule has 0 aromatic carbocycles. The van der Waals surface area contributed by atoms with E-state index < -0.39 is 0 Å². The van der Waals surface area contributed by atoms with Gasteiger partial charge in [0, 0.05) is 6.42 Å². The highest BCUT2D eigenvalue weighted by molar-refractivity contribution is 5.98. The van der Waals surface area contributed by atoms with Gasteiger partial charge in [-0.3, -0.25) is 0 Å². The van der Waals surface area contributed by atoms with E-state index in [1.54, 1.807) is 0 Å². The molecule has 2 atom stereocenters. The molecule has 20 heavy (non-hydrogen) atoms. The molecule has 0 bridgehead atoms. The second kappa shape index (κ2) is 8.26. The SMILES string of the molecule is CC1=C(O[SiH3])CCCCCCCCC(C(C)(C)C)C1C. The average molecular weight is 297 g/mol. The normalized spacial score (nSPS) is 27.9. The monoisotopic (exact) mass is 296 g/mol. The Morgan fingerprint density at radius 2 is 1.55 bits per heavy atom. The van der Waals surface area contributed by atoms with E-state index in [1.807, 2.05) is 0 Å². The Morgan fingerprint density at radius 3 is 2.10 bits per heavy atom. The molecule has 0 heterocycles. The summed E-state index contributed by atoms with van der Waals surface area (Å²) in [6.45, 7) is 12.0. The van der Waals surface area contributed by atoms with Gasteiger partial charge in [-0.1, -0.05) is 59.8 Å². The van der Waals surface area contributed by atoms with Crippen molar-refractivity contribution in [3.63, 3.8) is 0 Å². The van der Waals surface area contributed by atoms with Gasteiger partial charge in [0.1, 0.15) is 0 Å². The zero-order valence-corrected chi connectivity index (χ0v) is 16.7. The third-order valence-corrected chi connectivity index (χ3v) is 5.75. The molecule has 0 amide bonds. The van der Waals surface area contributed by atoms with Gasteiger partial charge in [0.2, 0.25) is 10.5 Å². The molecule has 0 fully saturated rings. The Kier molecular flexibility index (Phi) is 7.36. The topological polar surface area (TPSA) is 9.23 Å². The van der Waals surface area contributed by atoms with Gasteiger partial charge in [0.15, 0.2) is 0 Å². The van der Waals surface area contributed by atoms with Crippen molar-refractivity contribution < 1.29 is 4.43 Å². The van der Waals surface area contributed by atoms with Crippen molar-refractivity contribution in [1.82, 2.24) is 0 Å². The molecule has 2 unspecified atom stereocenters. The minimum absolute atomic E-state index is 0.390. The number of allylic oxidation sites excluding steroid dienone is 2. The molecule has 118 valence electrons. The highest BCUT2D eigenvalue weighted by Crippen LogP contribution is 2.40. The summed E-state index contributed by atoms with van der Waals surface area (Å²) in [7, 11) is 0.828. The fourth-order valence-electron chi connectivity index (χ4n) is 3.81. The average Bonchev–Trinajstić information content (AvgIpc) is 2.37. The van der Waals surface area contributed by atoms with Gasteiger partial charge in [0.25, 0.3) is 0 Å². The molecular weight excluding hydrogens is 260 g/mol. The summed E-state index contributed by atoms with van der Waals surface area (Å²) in [5.74, 6) is 2.74. The molecule has 1 nitrogen and oxygen atoms in total. The minimum atomic E-state index is 0.390. The molecule has 1 aliphatic carbocycles. The van der Waals surface area contributed by atoms with Crippen molar-refractivity contribution in [1.29, 1.82) is 0 Å². The second-order valence-electron chi connectivity index (χ2n) is 7.73. The first-order valence-corrected chi connectivity index (χ1v) is 9.43. The van der Waals surface area contributed by atoms with Crippen molar-refractivity contribution >= 4 is 10.5 Å². The number of hydrogen-bond acceptors (Lipinski definition) is 1. The quantitative estimate of drug-likeness (QED) is 0.619. The summed E-state index contributed by atoms with van der Waals surface area (Å²) in [5, 5.41) is 0. The Balaban J connectivity index is 2.97. The van der Waals surface area contributed by atoms with Crippen molar-refractivity contribution in [3.05, 3.63) is 11.3 Å². The third kappa shape index (κ3) is 5.27. The summed E-state index contributed by atoms with van der Waals surface area (Å²) in [4.78, 5) is 0. The first-order valence-electron chi connectivity index (χ1n) is 8.61. The summed E-state index contributed by atoms with van der Waals surface area (Å²) in [6, 6.07) is 0. The second-order valence-corrected chi connectivity index (χ2v) is 8.14. The molecule has 0 saturated carbocycles.